The lowest BCUT2D eigenvalue weighted by Crippen LogP contribution is -2.37. The molecule has 0 aromatic carbocycles. The van der Waals surface area contributed by atoms with Gasteiger partial charge in [0.15, 0.2) is 5.82 Å². The first-order valence-electron chi connectivity index (χ1n) is 7.62. The molecule has 1 aliphatic rings. The number of aromatic nitrogens is 4. The van der Waals surface area contributed by atoms with Gasteiger partial charge in [-0.05, 0) is 31.9 Å². The van der Waals surface area contributed by atoms with Crippen LogP contribution in [0.1, 0.15) is 30.1 Å². The van der Waals surface area contributed by atoms with Crippen LogP contribution in [0.5, 0.6) is 6.01 Å². The molecule has 2 aromatic rings. The summed E-state index contributed by atoms with van der Waals surface area (Å²) in [5.41, 5.74) is 1.03. The van der Waals surface area contributed by atoms with E-state index < -0.39 is 0 Å². The van der Waals surface area contributed by atoms with Gasteiger partial charge in [0.1, 0.15) is 0 Å². The van der Waals surface area contributed by atoms with E-state index in [2.05, 4.69) is 25.0 Å². The molecule has 2 aromatic heterocycles. The highest BCUT2D eigenvalue weighted by molar-refractivity contribution is 5.04. The second-order valence-corrected chi connectivity index (χ2v) is 5.83. The molecule has 1 atom stereocenters. The molecule has 1 fully saturated rings. The van der Waals surface area contributed by atoms with Crippen molar-refractivity contribution in [2.24, 2.45) is 5.92 Å². The van der Waals surface area contributed by atoms with Crippen molar-refractivity contribution in [2.75, 3.05) is 19.7 Å². The average molecular weight is 303 g/mol. The molecule has 0 radical (unpaired) electrons. The zero-order chi connectivity index (χ0) is 15.4. The van der Waals surface area contributed by atoms with Crippen molar-refractivity contribution in [2.45, 2.75) is 33.2 Å². The minimum Gasteiger partial charge on any atom is -0.463 e. The molecule has 1 aliphatic heterocycles. The summed E-state index contributed by atoms with van der Waals surface area (Å²) < 4.78 is 10.7. The van der Waals surface area contributed by atoms with Crippen LogP contribution in [-0.4, -0.2) is 44.7 Å². The molecule has 7 heteroatoms. The maximum absolute atomic E-state index is 5.70. The van der Waals surface area contributed by atoms with E-state index >= 15 is 0 Å². The Kier molecular flexibility index (Phi) is 4.62. The molecule has 1 saturated heterocycles. The van der Waals surface area contributed by atoms with Crippen LogP contribution in [0, 0.1) is 19.8 Å². The summed E-state index contributed by atoms with van der Waals surface area (Å²) in [5, 5.41) is 3.96. The van der Waals surface area contributed by atoms with Gasteiger partial charge in [-0.1, -0.05) is 5.16 Å². The Labute approximate surface area is 129 Å². The summed E-state index contributed by atoms with van der Waals surface area (Å²) >= 11 is 0. The van der Waals surface area contributed by atoms with Gasteiger partial charge >= 0.3 is 6.01 Å². The van der Waals surface area contributed by atoms with E-state index in [9.17, 15) is 0 Å². The highest BCUT2D eigenvalue weighted by Gasteiger charge is 2.22. The minimum absolute atomic E-state index is 0.455. The summed E-state index contributed by atoms with van der Waals surface area (Å²) in [7, 11) is 0. The lowest BCUT2D eigenvalue weighted by molar-refractivity contribution is 0.118. The second-order valence-electron chi connectivity index (χ2n) is 5.83. The SMILES string of the molecule is Cc1cnc(OCC2CCCN(Cc3noc(C)n3)C2)nc1. The Bertz CT molecular complexity index is 598. The number of ether oxygens (including phenoxy) is 1. The number of rotatable bonds is 5. The summed E-state index contributed by atoms with van der Waals surface area (Å²) in [5.74, 6) is 1.84. The number of hydrogen-bond acceptors (Lipinski definition) is 7. The molecule has 0 N–H and O–H groups in total. The van der Waals surface area contributed by atoms with Gasteiger partial charge in [-0.25, -0.2) is 9.97 Å². The standard InChI is InChI=1S/C15H21N5O2/c1-11-6-16-15(17-7-11)21-10-13-4-3-5-20(8-13)9-14-18-12(2)22-19-14/h6-7,13H,3-5,8-10H2,1-2H3. The molecule has 7 nitrogen and oxygen atoms in total. The molecule has 3 heterocycles. The van der Waals surface area contributed by atoms with Gasteiger partial charge in [0.25, 0.3) is 0 Å². The van der Waals surface area contributed by atoms with Gasteiger partial charge in [0.2, 0.25) is 5.89 Å². The van der Waals surface area contributed by atoms with Gasteiger partial charge in [-0.15, -0.1) is 0 Å². The summed E-state index contributed by atoms with van der Waals surface area (Å²) in [6, 6.07) is 0.455. The fraction of sp³-hybridized carbons (Fsp3) is 0.600. The minimum atomic E-state index is 0.455. The quantitative estimate of drug-likeness (QED) is 0.833. The maximum atomic E-state index is 5.70. The largest absolute Gasteiger partial charge is 0.463 e. The van der Waals surface area contributed by atoms with E-state index in [-0.39, 0.29) is 0 Å². The van der Waals surface area contributed by atoms with E-state index in [4.69, 9.17) is 9.26 Å². The van der Waals surface area contributed by atoms with E-state index in [0.717, 1.165) is 43.9 Å². The van der Waals surface area contributed by atoms with Gasteiger partial charge in [-0.3, -0.25) is 4.90 Å². The molecule has 0 spiro atoms. The number of aryl methyl sites for hydroxylation is 2. The summed E-state index contributed by atoms with van der Waals surface area (Å²) in [6.45, 7) is 7.18. The van der Waals surface area contributed by atoms with Crippen LogP contribution in [-0.2, 0) is 6.54 Å². The van der Waals surface area contributed by atoms with E-state index in [0.29, 0.717) is 24.4 Å². The number of likely N-dealkylation sites (tertiary alicyclic amines) is 1. The summed E-state index contributed by atoms with van der Waals surface area (Å²) in [4.78, 5) is 15.0. The number of hydrogen-bond donors (Lipinski definition) is 0. The molecule has 22 heavy (non-hydrogen) atoms. The lowest BCUT2D eigenvalue weighted by Gasteiger charge is -2.31. The molecule has 1 unspecified atom stereocenters. The number of nitrogens with zero attached hydrogens (tertiary/aromatic N) is 5. The zero-order valence-electron chi connectivity index (χ0n) is 13.0. The molecule has 3 rings (SSSR count). The Morgan fingerprint density at radius 2 is 2.14 bits per heavy atom. The van der Waals surface area contributed by atoms with Crippen LogP contribution in [0.15, 0.2) is 16.9 Å². The second kappa shape index (κ2) is 6.83. The molecular formula is C15H21N5O2. The first-order chi connectivity index (χ1) is 10.7. The molecule has 118 valence electrons. The topological polar surface area (TPSA) is 77.2 Å². The van der Waals surface area contributed by atoms with Gasteiger partial charge in [-0.2, -0.15) is 4.98 Å². The fourth-order valence-electron chi connectivity index (χ4n) is 2.68. The molecule has 0 aliphatic carbocycles. The van der Waals surface area contributed by atoms with Crippen molar-refractivity contribution in [1.29, 1.82) is 0 Å². The van der Waals surface area contributed by atoms with Crippen molar-refractivity contribution < 1.29 is 9.26 Å². The van der Waals surface area contributed by atoms with Crippen LogP contribution in [0.2, 0.25) is 0 Å². The Morgan fingerprint density at radius 3 is 2.86 bits per heavy atom. The average Bonchev–Trinajstić information content (AvgIpc) is 2.92. The number of piperidine rings is 1. The van der Waals surface area contributed by atoms with E-state index in [1.165, 1.54) is 0 Å². The smallest absolute Gasteiger partial charge is 0.316 e. The first kappa shape index (κ1) is 14.9. The van der Waals surface area contributed by atoms with Crippen LogP contribution in [0.4, 0.5) is 0 Å². The maximum Gasteiger partial charge on any atom is 0.316 e. The van der Waals surface area contributed by atoms with Crippen molar-refractivity contribution >= 4 is 0 Å². The Hall–Kier alpha value is -2.02. The van der Waals surface area contributed by atoms with Crippen molar-refractivity contribution in [1.82, 2.24) is 25.0 Å². The zero-order valence-corrected chi connectivity index (χ0v) is 13.0. The van der Waals surface area contributed by atoms with Gasteiger partial charge in [0.05, 0.1) is 13.2 Å². The van der Waals surface area contributed by atoms with Crippen molar-refractivity contribution in [3.05, 3.63) is 29.7 Å². The monoisotopic (exact) mass is 303 g/mol. The lowest BCUT2D eigenvalue weighted by atomic mass is 9.99. The molecule has 0 bridgehead atoms. The molecule has 0 amide bonds. The Balaban J connectivity index is 1.49. The van der Waals surface area contributed by atoms with Crippen molar-refractivity contribution in [3.63, 3.8) is 0 Å². The fourth-order valence-corrected chi connectivity index (χ4v) is 2.68. The molecule has 0 saturated carbocycles. The van der Waals surface area contributed by atoms with Crippen LogP contribution >= 0.6 is 0 Å². The third-order valence-electron chi connectivity index (χ3n) is 3.74. The van der Waals surface area contributed by atoms with E-state index in [1.54, 1.807) is 12.4 Å². The third kappa shape index (κ3) is 4.00. The highest BCUT2D eigenvalue weighted by Crippen LogP contribution is 2.18. The van der Waals surface area contributed by atoms with Crippen LogP contribution in [0.3, 0.4) is 0 Å². The molecular weight excluding hydrogens is 282 g/mol. The normalized spacial score (nSPS) is 19.3. The van der Waals surface area contributed by atoms with Crippen LogP contribution in [0.25, 0.3) is 0 Å². The highest BCUT2D eigenvalue weighted by atomic mass is 16.5. The summed E-state index contributed by atoms with van der Waals surface area (Å²) in [6.07, 6.45) is 5.86. The van der Waals surface area contributed by atoms with E-state index in [1.807, 2.05) is 13.8 Å². The van der Waals surface area contributed by atoms with Gasteiger partial charge in [0, 0.05) is 31.8 Å². The first-order valence-corrected chi connectivity index (χ1v) is 7.62. The Morgan fingerprint density at radius 1 is 1.32 bits per heavy atom. The van der Waals surface area contributed by atoms with Crippen molar-refractivity contribution in [3.8, 4) is 6.01 Å². The third-order valence-corrected chi connectivity index (χ3v) is 3.74. The van der Waals surface area contributed by atoms with Gasteiger partial charge < -0.3 is 9.26 Å². The van der Waals surface area contributed by atoms with Crippen LogP contribution < -0.4 is 4.74 Å². The predicted molar refractivity (Wildman–Crippen MR) is 79.3 cm³/mol. The predicted octanol–water partition coefficient (Wildman–Crippen LogP) is 1.77.